The van der Waals surface area contributed by atoms with Crippen LogP contribution in [0.2, 0.25) is 0 Å². The van der Waals surface area contributed by atoms with Gasteiger partial charge < -0.3 is 4.42 Å². The van der Waals surface area contributed by atoms with Crippen molar-refractivity contribution in [2.45, 2.75) is 5.88 Å². The molecule has 7 heteroatoms. The highest BCUT2D eigenvalue weighted by molar-refractivity contribution is 9.10. The monoisotopic (exact) mass is 316 g/mol. The summed E-state index contributed by atoms with van der Waals surface area (Å²) in [4.78, 5) is 14.3. The standard InChI is InChI=1S/C10H6BrClN2O3/c11-7-1-6(2-9(3-7)14(15)16)10-13-8(4-12)5-17-10/h1-3,5H,4H2. The largest absolute Gasteiger partial charge is 0.444 e. The van der Waals surface area contributed by atoms with Crippen LogP contribution < -0.4 is 0 Å². The summed E-state index contributed by atoms with van der Waals surface area (Å²) in [5.74, 6) is 0.546. The molecule has 1 aromatic carbocycles. The van der Waals surface area contributed by atoms with E-state index in [2.05, 4.69) is 20.9 Å². The molecule has 0 spiro atoms. The minimum Gasteiger partial charge on any atom is -0.444 e. The number of nitrogens with zero attached hydrogens (tertiary/aromatic N) is 2. The van der Waals surface area contributed by atoms with Crippen molar-refractivity contribution in [2.75, 3.05) is 0 Å². The molecular formula is C10H6BrClN2O3. The van der Waals surface area contributed by atoms with E-state index in [1.54, 1.807) is 6.07 Å². The first-order chi connectivity index (χ1) is 8.10. The number of aromatic nitrogens is 1. The van der Waals surface area contributed by atoms with Crippen LogP contribution in [0, 0.1) is 10.1 Å². The van der Waals surface area contributed by atoms with Gasteiger partial charge in [-0.15, -0.1) is 11.6 Å². The second-order valence-electron chi connectivity index (χ2n) is 3.23. The van der Waals surface area contributed by atoms with Gasteiger partial charge in [-0.05, 0) is 6.07 Å². The Hall–Kier alpha value is -1.40. The average molecular weight is 318 g/mol. The van der Waals surface area contributed by atoms with Gasteiger partial charge in [0.05, 0.1) is 16.5 Å². The predicted molar refractivity (Wildman–Crippen MR) is 65.9 cm³/mol. The Morgan fingerprint density at radius 3 is 2.82 bits per heavy atom. The first-order valence-electron chi connectivity index (χ1n) is 4.56. The van der Waals surface area contributed by atoms with Gasteiger partial charge in [0.15, 0.2) is 0 Å². The zero-order valence-electron chi connectivity index (χ0n) is 8.39. The Labute approximate surface area is 110 Å². The fourth-order valence-corrected chi connectivity index (χ4v) is 1.91. The molecule has 0 saturated carbocycles. The fourth-order valence-electron chi connectivity index (χ4n) is 1.30. The molecule has 17 heavy (non-hydrogen) atoms. The summed E-state index contributed by atoms with van der Waals surface area (Å²) in [5.41, 5.74) is 1.09. The highest BCUT2D eigenvalue weighted by Gasteiger charge is 2.13. The van der Waals surface area contributed by atoms with Crippen molar-refractivity contribution in [3.63, 3.8) is 0 Å². The van der Waals surface area contributed by atoms with Crippen LogP contribution in [0.15, 0.2) is 33.4 Å². The van der Waals surface area contributed by atoms with E-state index in [4.69, 9.17) is 16.0 Å². The molecule has 88 valence electrons. The van der Waals surface area contributed by atoms with Gasteiger partial charge in [0.1, 0.15) is 6.26 Å². The lowest BCUT2D eigenvalue weighted by molar-refractivity contribution is -0.384. The average Bonchev–Trinajstić information content (AvgIpc) is 2.76. The van der Waals surface area contributed by atoms with Crippen LogP contribution in [-0.4, -0.2) is 9.91 Å². The number of rotatable bonds is 3. The number of alkyl halides is 1. The molecule has 0 radical (unpaired) electrons. The van der Waals surface area contributed by atoms with Crippen molar-refractivity contribution < 1.29 is 9.34 Å². The summed E-state index contributed by atoms with van der Waals surface area (Å²) in [6.07, 6.45) is 1.43. The molecule has 0 fully saturated rings. The van der Waals surface area contributed by atoms with E-state index in [0.29, 0.717) is 21.6 Å². The van der Waals surface area contributed by atoms with Gasteiger partial charge >= 0.3 is 0 Å². The summed E-state index contributed by atoms with van der Waals surface area (Å²) in [7, 11) is 0. The second kappa shape index (κ2) is 4.85. The van der Waals surface area contributed by atoms with E-state index in [1.807, 2.05) is 0 Å². The number of hydrogen-bond donors (Lipinski definition) is 0. The summed E-state index contributed by atoms with van der Waals surface area (Å²) in [6.45, 7) is 0. The van der Waals surface area contributed by atoms with Gasteiger partial charge in [-0.25, -0.2) is 4.98 Å². The normalized spacial score (nSPS) is 10.5. The molecule has 0 saturated heterocycles. The summed E-state index contributed by atoms with van der Waals surface area (Å²) >= 11 is 8.80. The molecule has 5 nitrogen and oxygen atoms in total. The molecular weight excluding hydrogens is 311 g/mol. The van der Waals surface area contributed by atoms with Crippen molar-refractivity contribution in [1.29, 1.82) is 0 Å². The van der Waals surface area contributed by atoms with Crippen LogP contribution in [0.5, 0.6) is 0 Å². The lowest BCUT2D eigenvalue weighted by Crippen LogP contribution is -1.89. The van der Waals surface area contributed by atoms with Crippen LogP contribution in [0.3, 0.4) is 0 Å². The molecule has 0 bridgehead atoms. The van der Waals surface area contributed by atoms with Gasteiger partial charge in [-0.3, -0.25) is 10.1 Å². The lowest BCUT2D eigenvalue weighted by atomic mass is 10.2. The van der Waals surface area contributed by atoms with E-state index in [1.165, 1.54) is 18.4 Å². The Kier molecular flexibility index (Phi) is 3.44. The molecule has 0 amide bonds. The Balaban J connectivity index is 2.47. The summed E-state index contributed by atoms with van der Waals surface area (Å²) < 4.78 is 5.78. The third kappa shape index (κ3) is 2.65. The van der Waals surface area contributed by atoms with Crippen LogP contribution in [0.1, 0.15) is 5.69 Å². The Morgan fingerprint density at radius 2 is 2.24 bits per heavy atom. The van der Waals surface area contributed by atoms with Crippen molar-refractivity contribution in [3.8, 4) is 11.5 Å². The summed E-state index contributed by atoms with van der Waals surface area (Å²) in [5, 5.41) is 10.7. The maximum atomic E-state index is 10.7. The Bertz CT molecular complexity index is 570. The number of non-ortho nitro benzene ring substituents is 1. The van der Waals surface area contributed by atoms with Crippen molar-refractivity contribution >= 4 is 33.2 Å². The quantitative estimate of drug-likeness (QED) is 0.491. The first kappa shape index (κ1) is 12.1. The molecule has 0 aliphatic rings. The van der Waals surface area contributed by atoms with Crippen LogP contribution in [0.4, 0.5) is 5.69 Å². The highest BCUT2D eigenvalue weighted by atomic mass is 79.9. The van der Waals surface area contributed by atoms with Crippen molar-refractivity contribution in [3.05, 3.63) is 44.7 Å². The van der Waals surface area contributed by atoms with E-state index in [9.17, 15) is 10.1 Å². The van der Waals surface area contributed by atoms with Gasteiger partial charge in [-0.1, -0.05) is 15.9 Å². The highest BCUT2D eigenvalue weighted by Crippen LogP contribution is 2.28. The molecule has 0 aliphatic heterocycles. The number of hydrogen-bond acceptors (Lipinski definition) is 4. The maximum absolute atomic E-state index is 10.7. The molecule has 1 aromatic heterocycles. The molecule has 2 rings (SSSR count). The molecule has 0 unspecified atom stereocenters. The lowest BCUT2D eigenvalue weighted by Gasteiger charge is -1.97. The minimum absolute atomic E-state index is 0.0278. The summed E-state index contributed by atoms with van der Waals surface area (Å²) in [6, 6.07) is 4.50. The van der Waals surface area contributed by atoms with Gasteiger partial charge in [0, 0.05) is 22.2 Å². The topological polar surface area (TPSA) is 69.2 Å². The Morgan fingerprint density at radius 1 is 1.47 bits per heavy atom. The van der Waals surface area contributed by atoms with Crippen molar-refractivity contribution in [1.82, 2.24) is 4.98 Å². The van der Waals surface area contributed by atoms with Gasteiger partial charge in [0.2, 0.25) is 5.89 Å². The van der Waals surface area contributed by atoms with Crippen LogP contribution in [-0.2, 0) is 5.88 Å². The number of oxazole rings is 1. The third-order valence-electron chi connectivity index (χ3n) is 2.03. The zero-order chi connectivity index (χ0) is 12.4. The van der Waals surface area contributed by atoms with Gasteiger partial charge in [-0.2, -0.15) is 0 Å². The third-order valence-corrected chi connectivity index (χ3v) is 2.76. The van der Waals surface area contributed by atoms with Crippen LogP contribution in [0.25, 0.3) is 11.5 Å². The molecule has 0 aliphatic carbocycles. The van der Waals surface area contributed by atoms with E-state index < -0.39 is 4.92 Å². The number of benzene rings is 1. The zero-order valence-corrected chi connectivity index (χ0v) is 10.7. The molecule has 2 aromatic rings. The molecule has 1 heterocycles. The molecule has 0 N–H and O–H groups in total. The van der Waals surface area contributed by atoms with E-state index >= 15 is 0 Å². The first-order valence-corrected chi connectivity index (χ1v) is 5.88. The maximum Gasteiger partial charge on any atom is 0.271 e. The van der Waals surface area contributed by atoms with Crippen LogP contribution >= 0.6 is 27.5 Å². The van der Waals surface area contributed by atoms with E-state index in [0.717, 1.165) is 0 Å². The number of nitro benzene ring substituents is 1. The predicted octanol–water partition coefficient (Wildman–Crippen LogP) is 3.75. The van der Waals surface area contributed by atoms with Gasteiger partial charge in [0.25, 0.3) is 5.69 Å². The fraction of sp³-hybridized carbons (Fsp3) is 0.100. The molecule has 0 atom stereocenters. The SMILES string of the molecule is O=[N+]([O-])c1cc(Br)cc(-c2nc(CCl)co2)c1. The van der Waals surface area contributed by atoms with E-state index in [-0.39, 0.29) is 11.6 Å². The smallest absolute Gasteiger partial charge is 0.271 e. The number of nitro groups is 1. The minimum atomic E-state index is -0.473. The second-order valence-corrected chi connectivity index (χ2v) is 4.42. The number of halogens is 2. The van der Waals surface area contributed by atoms with Crippen molar-refractivity contribution in [2.24, 2.45) is 0 Å².